The van der Waals surface area contributed by atoms with Gasteiger partial charge in [-0.15, -0.1) is 0 Å². The van der Waals surface area contributed by atoms with Gasteiger partial charge in [0.1, 0.15) is 0 Å². The molecule has 2 unspecified atom stereocenters. The predicted octanol–water partition coefficient (Wildman–Crippen LogP) is 5.73. The summed E-state index contributed by atoms with van der Waals surface area (Å²) in [5.74, 6) is -0.0955. The second-order valence-electron chi connectivity index (χ2n) is 6.94. The maximum atomic E-state index is 12.7. The van der Waals surface area contributed by atoms with Crippen LogP contribution < -0.4 is 0 Å². The Morgan fingerprint density at radius 2 is 1.57 bits per heavy atom. The Bertz CT molecular complexity index is 287. The van der Waals surface area contributed by atoms with Gasteiger partial charge in [0.25, 0.3) is 0 Å². The summed E-state index contributed by atoms with van der Waals surface area (Å²) in [6.07, 6.45) is 5.68. The fourth-order valence-electron chi connectivity index (χ4n) is 3.97. The van der Waals surface area contributed by atoms with Crippen molar-refractivity contribution in [1.29, 1.82) is 0 Å². The highest BCUT2D eigenvalue weighted by atomic mass is 19.4. The van der Waals surface area contributed by atoms with Gasteiger partial charge in [-0.05, 0) is 56.8 Å². The van der Waals surface area contributed by atoms with Crippen LogP contribution in [0.2, 0.25) is 0 Å². The number of halogens is 3. The third-order valence-electron chi connectivity index (χ3n) is 5.44. The van der Waals surface area contributed by atoms with Gasteiger partial charge in [0.2, 0.25) is 0 Å². The molecule has 1 aliphatic heterocycles. The van der Waals surface area contributed by atoms with Crippen LogP contribution in [0.1, 0.15) is 71.1 Å². The molecule has 124 valence electrons. The molecule has 1 heterocycles. The van der Waals surface area contributed by atoms with Crippen LogP contribution in [0.3, 0.4) is 0 Å². The highest BCUT2D eigenvalue weighted by molar-refractivity contribution is 4.83. The summed E-state index contributed by atoms with van der Waals surface area (Å²) >= 11 is 0. The smallest absolute Gasteiger partial charge is 0.378 e. The molecule has 2 rings (SSSR count). The van der Waals surface area contributed by atoms with E-state index < -0.39 is 12.1 Å². The van der Waals surface area contributed by atoms with E-state index in [2.05, 4.69) is 6.92 Å². The summed E-state index contributed by atoms with van der Waals surface area (Å²) in [4.78, 5) is 0. The zero-order chi connectivity index (χ0) is 15.3. The largest absolute Gasteiger partial charge is 0.391 e. The van der Waals surface area contributed by atoms with Crippen molar-refractivity contribution < 1.29 is 17.9 Å². The van der Waals surface area contributed by atoms with Crippen molar-refractivity contribution >= 4 is 0 Å². The van der Waals surface area contributed by atoms with Crippen LogP contribution in [0.4, 0.5) is 13.2 Å². The highest BCUT2D eigenvalue weighted by Gasteiger charge is 2.42. The van der Waals surface area contributed by atoms with Crippen molar-refractivity contribution in [3.8, 4) is 0 Å². The van der Waals surface area contributed by atoms with Crippen molar-refractivity contribution in [2.24, 2.45) is 17.8 Å². The van der Waals surface area contributed by atoms with Gasteiger partial charge in [-0.3, -0.25) is 0 Å². The molecule has 0 aromatic carbocycles. The molecule has 0 radical (unpaired) electrons. The van der Waals surface area contributed by atoms with Crippen LogP contribution in [0.15, 0.2) is 0 Å². The molecule has 0 spiro atoms. The number of hydrogen-bond donors (Lipinski definition) is 0. The summed E-state index contributed by atoms with van der Waals surface area (Å²) < 4.78 is 44.0. The van der Waals surface area contributed by atoms with Crippen molar-refractivity contribution in [2.45, 2.75) is 83.4 Å². The molecule has 0 N–H and O–H groups in total. The van der Waals surface area contributed by atoms with E-state index in [-0.39, 0.29) is 0 Å². The first-order chi connectivity index (χ1) is 10.0. The molecular weight excluding hydrogens is 277 g/mol. The van der Waals surface area contributed by atoms with E-state index in [1.54, 1.807) is 0 Å². The van der Waals surface area contributed by atoms with E-state index in [0.29, 0.717) is 30.8 Å². The molecule has 21 heavy (non-hydrogen) atoms. The SMILES string of the molecule is CCCCCC1CCC(C2CCC(C(F)(F)F)CC2)CO1. The lowest BCUT2D eigenvalue weighted by atomic mass is 9.73. The van der Waals surface area contributed by atoms with Gasteiger partial charge in [-0.1, -0.05) is 26.2 Å². The summed E-state index contributed by atoms with van der Waals surface area (Å²) in [7, 11) is 0. The maximum Gasteiger partial charge on any atom is 0.391 e. The highest BCUT2D eigenvalue weighted by Crippen LogP contribution is 2.43. The summed E-state index contributed by atoms with van der Waals surface area (Å²) in [5.41, 5.74) is 0. The molecule has 2 fully saturated rings. The van der Waals surface area contributed by atoms with Gasteiger partial charge in [0.05, 0.1) is 18.6 Å². The van der Waals surface area contributed by atoms with E-state index in [0.717, 1.165) is 38.7 Å². The second kappa shape index (κ2) is 7.85. The molecule has 1 saturated heterocycles. The molecule has 0 bridgehead atoms. The van der Waals surface area contributed by atoms with Crippen LogP contribution in [-0.4, -0.2) is 18.9 Å². The van der Waals surface area contributed by atoms with E-state index in [9.17, 15) is 13.2 Å². The fourth-order valence-corrected chi connectivity index (χ4v) is 3.97. The maximum absolute atomic E-state index is 12.7. The fraction of sp³-hybridized carbons (Fsp3) is 1.00. The van der Waals surface area contributed by atoms with Gasteiger partial charge in [0.15, 0.2) is 0 Å². The zero-order valence-corrected chi connectivity index (χ0v) is 13.1. The van der Waals surface area contributed by atoms with Crippen molar-refractivity contribution in [3.63, 3.8) is 0 Å². The van der Waals surface area contributed by atoms with E-state index in [4.69, 9.17) is 4.74 Å². The van der Waals surface area contributed by atoms with E-state index in [1.807, 2.05) is 0 Å². The number of unbranched alkanes of at least 4 members (excludes halogenated alkanes) is 2. The van der Waals surface area contributed by atoms with E-state index in [1.165, 1.54) is 19.3 Å². The third kappa shape index (κ3) is 5.15. The summed E-state index contributed by atoms with van der Waals surface area (Å²) in [6.45, 7) is 2.98. The van der Waals surface area contributed by atoms with E-state index >= 15 is 0 Å². The Balaban J connectivity index is 1.67. The van der Waals surface area contributed by atoms with Gasteiger partial charge in [0, 0.05) is 0 Å². The first kappa shape index (κ1) is 17.1. The second-order valence-corrected chi connectivity index (χ2v) is 6.94. The Labute approximate surface area is 126 Å². The van der Waals surface area contributed by atoms with Gasteiger partial charge >= 0.3 is 6.18 Å². The minimum Gasteiger partial charge on any atom is -0.378 e. The topological polar surface area (TPSA) is 9.23 Å². The zero-order valence-electron chi connectivity index (χ0n) is 13.1. The van der Waals surface area contributed by atoms with Gasteiger partial charge < -0.3 is 4.74 Å². The lowest BCUT2D eigenvalue weighted by molar-refractivity contribution is -0.185. The molecule has 0 aromatic rings. The first-order valence-electron chi connectivity index (χ1n) is 8.69. The van der Waals surface area contributed by atoms with Gasteiger partial charge in [-0.25, -0.2) is 0 Å². The summed E-state index contributed by atoms with van der Waals surface area (Å²) in [6, 6.07) is 0. The Morgan fingerprint density at radius 3 is 2.10 bits per heavy atom. The number of alkyl halides is 3. The van der Waals surface area contributed by atoms with Crippen molar-refractivity contribution in [3.05, 3.63) is 0 Å². The molecule has 1 saturated carbocycles. The standard InChI is InChI=1S/C17H29F3O/c1-2-3-4-5-16-11-8-14(12-21-16)13-6-9-15(10-7-13)17(18,19)20/h13-16H,2-12H2,1H3. The average molecular weight is 306 g/mol. The lowest BCUT2D eigenvalue weighted by Gasteiger charge is -2.38. The Kier molecular flexibility index (Phi) is 6.39. The van der Waals surface area contributed by atoms with Crippen molar-refractivity contribution in [2.75, 3.05) is 6.61 Å². The Morgan fingerprint density at radius 1 is 0.905 bits per heavy atom. The lowest BCUT2D eigenvalue weighted by Crippen LogP contribution is -2.35. The normalized spacial score (nSPS) is 34.9. The molecule has 2 aliphatic rings. The van der Waals surface area contributed by atoms with Crippen LogP contribution in [0.5, 0.6) is 0 Å². The quantitative estimate of drug-likeness (QED) is 0.589. The number of hydrogen-bond acceptors (Lipinski definition) is 1. The molecule has 2 atom stereocenters. The molecule has 1 aliphatic carbocycles. The average Bonchev–Trinajstić information content (AvgIpc) is 2.48. The minimum atomic E-state index is -3.99. The molecule has 4 heteroatoms. The van der Waals surface area contributed by atoms with Crippen LogP contribution in [0.25, 0.3) is 0 Å². The number of ether oxygens (including phenoxy) is 1. The molecule has 0 aromatic heterocycles. The summed E-state index contributed by atoms with van der Waals surface area (Å²) in [5, 5.41) is 0. The van der Waals surface area contributed by atoms with Crippen molar-refractivity contribution in [1.82, 2.24) is 0 Å². The Hall–Kier alpha value is -0.250. The van der Waals surface area contributed by atoms with Crippen LogP contribution in [0, 0.1) is 17.8 Å². The van der Waals surface area contributed by atoms with Gasteiger partial charge in [-0.2, -0.15) is 13.2 Å². The molecule has 0 amide bonds. The van der Waals surface area contributed by atoms with Crippen LogP contribution >= 0.6 is 0 Å². The first-order valence-corrected chi connectivity index (χ1v) is 8.69. The monoisotopic (exact) mass is 306 g/mol. The molecule has 1 nitrogen and oxygen atoms in total. The number of rotatable bonds is 5. The van der Waals surface area contributed by atoms with Crippen LogP contribution in [-0.2, 0) is 4.74 Å². The molecular formula is C17H29F3O. The predicted molar refractivity (Wildman–Crippen MR) is 78.1 cm³/mol. The third-order valence-corrected chi connectivity index (χ3v) is 5.44. The minimum absolute atomic E-state index is 0.324.